The molecular weight excluding hydrogens is 270 g/mol. The molecule has 0 radical (unpaired) electrons. The monoisotopic (exact) mass is 283 g/mol. The van der Waals surface area contributed by atoms with Gasteiger partial charge in [-0.15, -0.1) is 11.3 Å². The minimum Gasteiger partial charge on any atom is -0.298 e. The molecule has 1 heterocycles. The summed E-state index contributed by atoms with van der Waals surface area (Å²) in [6.45, 7) is 0. The third kappa shape index (κ3) is 4.09. The number of allylic oxidation sites excluding steroid dienone is 1. The van der Waals surface area contributed by atoms with Gasteiger partial charge in [0, 0.05) is 9.79 Å². The fourth-order valence-electron chi connectivity index (χ4n) is 1.82. The maximum absolute atomic E-state index is 10.7. The SMILES string of the molecule is [N-]=[N+]=N/C(C=O)=C\c1cc(CCc2ccccc2)cs1. The molecule has 1 aromatic carbocycles. The van der Waals surface area contributed by atoms with E-state index in [1.807, 2.05) is 24.3 Å². The Bertz CT molecular complexity index is 655. The average molecular weight is 283 g/mol. The molecule has 4 nitrogen and oxygen atoms in total. The molecule has 0 bridgehead atoms. The van der Waals surface area contributed by atoms with Crippen LogP contribution in [0.15, 0.2) is 52.6 Å². The highest BCUT2D eigenvalue weighted by Gasteiger charge is 2.00. The minimum absolute atomic E-state index is 0.101. The van der Waals surface area contributed by atoms with E-state index < -0.39 is 0 Å². The molecule has 2 aromatic rings. The van der Waals surface area contributed by atoms with Gasteiger partial charge in [0.05, 0.1) is 5.70 Å². The fourth-order valence-corrected chi connectivity index (χ4v) is 2.70. The van der Waals surface area contributed by atoms with Crippen LogP contribution in [0.2, 0.25) is 0 Å². The van der Waals surface area contributed by atoms with Gasteiger partial charge in [-0.3, -0.25) is 4.79 Å². The van der Waals surface area contributed by atoms with Gasteiger partial charge in [0.1, 0.15) is 0 Å². The van der Waals surface area contributed by atoms with Crippen LogP contribution in [-0.2, 0) is 17.6 Å². The van der Waals surface area contributed by atoms with Crippen LogP contribution in [0, 0.1) is 0 Å². The number of nitrogens with zero attached hydrogens (tertiary/aromatic N) is 3. The molecule has 0 saturated heterocycles. The number of benzene rings is 1. The Balaban J connectivity index is 2.02. The molecule has 100 valence electrons. The molecular formula is C15H13N3OS. The molecule has 0 atom stereocenters. The van der Waals surface area contributed by atoms with Gasteiger partial charge in [0.15, 0.2) is 6.29 Å². The molecule has 0 fully saturated rings. The van der Waals surface area contributed by atoms with Gasteiger partial charge in [-0.1, -0.05) is 35.4 Å². The predicted molar refractivity (Wildman–Crippen MR) is 81.4 cm³/mol. The highest BCUT2D eigenvalue weighted by molar-refractivity contribution is 7.11. The maximum Gasteiger partial charge on any atom is 0.152 e. The van der Waals surface area contributed by atoms with Crippen LogP contribution >= 0.6 is 11.3 Å². The normalized spacial score (nSPS) is 10.9. The lowest BCUT2D eigenvalue weighted by atomic mass is 10.1. The Morgan fingerprint density at radius 3 is 2.70 bits per heavy atom. The van der Waals surface area contributed by atoms with E-state index in [-0.39, 0.29) is 5.70 Å². The van der Waals surface area contributed by atoms with Crippen molar-refractivity contribution in [2.45, 2.75) is 12.8 Å². The van der Waals surface area contributed by atoms with Crippen LogP contribution in [-0.4, -0.2) is 6.29 Å². The first kappa shape index (κ1) is 14.1. The number of hydrogen-bond acceptors (Lipinski definition) is 3. The number of azide groups is 1. The fraction of sp³-hybridized carbons (Fsp3) is 0.133. The van der Waals surface area contributed by atoms with Crippen LogP contribution in [0.25, 0.3) is 16.5 Å². The highest BCUT2D eigenvalue weighted by atomic mass is 32.1. The van der Waals surface area contributed by atoms with Crippen molar-refractivity contribution in [1.29, 1.82) is 0 Å². The number of aldehydes is 1. The lowest BCUT2D eigenvalue weighted by Crippen LogP contribution is -1.88. The van der Waals surface area contributed by atoms with E-state index in [0.29, 0.717) is 6.29 Å². The number of hydrogen-bond donors (Lipinski definition) is 0. The highest BCUT2D eigenvalue weighted by Crippen LogP contribution is 2.19. The summed E-state index contributed by atoms with van der Waals surface area (Å²) < 4.78 is 0. The zero-order valence-electron chi connectivity index (χ0n) is 10.8. The predicted octanol–water partition coefficient (Wildman–Crippen LogP) is 4.38. The number of carbonyl (C=O) groups is 1. The van der Waals surface area contributed by atoms with Crippen LogP contribution in [0.1, 0.15) is 16.0 Å². The number of aryl methyl sites for hydroxylation is 2. The summed E-state index contributed by atoms with van der Waals surface area (Å²) in [5, 5.41) is 5.38. The smallest absolute Gasteiger partial charge is 0.152 e. The second-order valence-electron chi connectivity index (χ2n) is 4.22. The average Bonchev–Trinajstić information content (AvgIpc) is 2.93. The standard InChI is InChI=1S/C15H13N3OS/c16-18-17-14(10-19)9-15-8-13(11-20-15)7-6-12-4-2-1-3-5-12/h1-5,8-11H,6-7H2/b14-9-. The molecule has 0 spiro atoms. The van der Waals surface area contributed by atoms with E-state index >= 15 is 0 Å². The topological polar surface area (TPSA) is 65.8 Å². The summed E-state index contributed by atoms with van der Waals surface area (Å²) >= 11 is 1.54. The Labute approximate surface area is 121 Å². The summed E-state index contributed by atoms with van der Waals surface area (Å²) in [4.78, 5) is 14.2. The largest absolute Gasteiger partial charge is 0.298 e. The van der Waals surface area contributed by atoms with Crippen LogP contribution in [0.4, 0.5) is 0 Å². The third-order valence-corrected chi connectivity index (χ3v) is 3.72. The van der Waals surface area contributed by atoms with Gasteiger partial charge in [-0.2, -0.15) is 0 Å². The van der Waals surface area contributed by atoms with E-state index in [1.54, 1.807) is 6.08 Å². The van der Waals surface area contributed by atoms with Crippen molar-refractivity contribution in [2.24, 2.45) is 5.11 Å². The zero-order chi connectivity index (χ0) is 14.2. The minimum atomic E-state index is 0.101. The molecule has 1 aromatic heterocycles. The van der Waals surface area contributed by atoms with Crippen LogP contribution in [0.5, 0.6) is 0 Å². The van der Waals surface area contributed by atoms with E-state index in [9.17, 15) is 4.79 Å². The van der Waals surface area contributed by atoms with E-state index in [0.717, 1.165) is 17.7 Å². The molecule has 0 N–H and O–H groups in total. The maximum atomic E-state index is 10.7. The number of carbonyl (C=O) groups excluding carboxylic acids is 1. The van der Waals surface area contributed by atoms with E-state index in [1.165, 1.54) is 22.5 Å². The van der Waals surface area contributed by atoms with Gasteiger partial charge in [0.2, 0.25) is 0 Å². The quantitative estimate of drug-likeness (QED) is 0.255. The van der Waals surface area contributed by atoms with Crippen molar-refractivity contribution in [3.63, 3.8) is 0 Å². The second kappa shape index (κ2) is 7.28. The van der Waals surface area contributed by atoms with Gasteiger partial charge in [0.25, 0.3) is 0 Å². The summed E-state index contributed by atoms with van der Waals surface area (Å²) in [5.74, 6) is 0. The van der Waals surface area contributed by atoms with Crippen molar-refractivity contribution >= 4 is 23.7 Å². The first-order valence-electron chi connectivity index (χ1n) is 6.15. The molecule has 2 rings (SSSR count). The van der Waals surface area contributed by atoms with Crippen LogP contribution < -0.4 is 0 Å². The first-order chi connectivity index (χ1) is 9.81. The molecule has 0 aliphatic carbocycles. The van der Waals surface area contributed by atoms with Gasteiger partial charge >= 0.3 is 0 Å². The zero-order valence-corrected chi connectivity index (χ0v) is 11.6. The van der Waals surface area contributed by atoms with Crippen LogP contribution in [0.3, 0.4) is 0 Å². The lowest BCUT2D eigenvalue weighted by molar-refractivity contribution is -0.104. The van der Waals surface area contributed by atoms with E-state index in [4.69, 9.17) is 5.53 Å². The Kier molecular flexibility index (Phi) is 5.12. The molecule has 20 heavy (non-hydrogen) atoms. The summed E-state index contributed by atoms with van der Waals surface area (Å²) in [7, 11) is 0. The Morgan fingerprint density at radius 2 is 2.00 bits per heavy atom. The van der Waals surface area contributed by atoms with Gasteiger partial charge < -0.3 is 0 Å². The van der Waals surface area contributed by atoms with Crippen molar-refractivity contribution in [2.75, 3.05) is 0 Å². The van der Waals surface area contributed by atoms with E-state index in [2.05, 4.69) is 27.5 Å². The summed E-state index contributed by atoms with van der Waals surface area (Å²) in [6, 6.07) is 12.3. The van der Waals surface area contributed by atoms with Gasteiger partial charge in [-0.25, -0.2) is 0 Å². The molecule has 0 aliphatic rings. The number of thiophene rings is 1. The molecule has 0 aliphatic heterocycles. The Morgan fingerprint density at radius 1 is 1.25 bits per heavy atom. The molecule has 0 unspecified atom stereocenters. The second-order valence-corrected chi connectivity index (χ2v) is 5.16. The number of rotatable bonds is 6. The first-order valence-corrected chi connectivity index (χ1v) is 7.03. The lowest BCUT2D eigenvalue weighted by Gasteiger charge is -1.98. The van der Waals surface area contributed by atoms with Crippen molar-refractivity contribution in [3.8, 4) is 0 Å². The van der Waals surface area contributed by atoms with Crippen molar-refractivity contribution in [1.82, 2.24) is 0 Å². The molecule has 5 heteroatoms. The molecule has 0 amide bonds. The summed E-state index contributed by atoms with van der Waals surface area (Å²) in [5.41, 5.74) is 10.9. The Hall–Kier alpha value is -2.36. The van der Waals surface area contributed by atoms with Gasteiger partial charge in [-0.05, 0) is 47.0 Å². The summed E-state index contributed by atoms with van der Waals surface area (Å²) in [6.07, 6.45) is 4.09. The molecule has 0 saturated carbocycles. The third-order valence-electron chi connectivity index (χ3n) is 2.79. The van der Waals surface area contributed by atoms with Crippen molar-refractivity contribution in [3.05, 3.63) is 73.9 Å². The van der Waals surface area contributed by atoms with Crippen molar-refractivity contribution < 1.29 is 4.79 Å².